The highest BCUT2D eigenvalue weighted by Crippen LogP contribution is 2.35. The number of rotatable bonds is 3. The normalized spacial score (nSPS) is 17.7. The molecule has 0 aliphatic carbocycles. The van der Waals surface area contributed by atoms with Crippen molar-refractivity contribution in [2.45, 2.75) is 19.1 Å². The minimum atomic E-state index is 0.0974. The number of hydrogen-bond acceptors (Lipinski definition) is 2. The van der Waals surface area contributed by atoms with Gasteiger partial charge in [0.25, 0.3) is 0 Å². The molecule has 3 heteroatoms. The molecule has 1 unspecified atom stereocenters. The van der Waals surface area contributed by atoms with Gasteiger partial charge in [-0.2, -0.15) is 0 Å². The molecular weight excluding hydrogens is 272 g/mol. The molecule has 1 aliphatic rings. The van der Waals surface area contributed by atoms with E-state index in [2.05, 4.69) is 53.1 Å². The number of aromatic nitrogens is 2. The first-order valence-corrected chi connectivity index (χ1v) is 7.73. The highest BCUT2D eigenvalue weighted by atomic mass is 16.5. The van der Waals surface area contributed by atoms with E-state index in [4.69, 9.17) is 9.72 Å². The number of hydrogen-bond donors (Lipinski definition) is 0. The first-order chi connectivity index (χ1) is 10.9. The average molecular weight is 290 g/mol. The summed E-state index contributed by atoms with van der Waals surface area (Å²) in [5.74, 6) is 0. The predicted molar refractivity (Wildman–Crippen MR) is 87.3 cm³/mol. The minimum Gasteiger partial charge on any atom is -0.358 e. The highest BCUT2D eigenvalue weighted by molar-refractivity contribution is 5.78. The van der Waals surface area contributed by atoms with Crippen LogP contribution < -0.4 is 0 Å². The number of benzene rings is 2. The second kappa shape index (κ2) is 5.78. The number of nitrogens with zero attached hydrogens (tertiary/aromatic N) is 2. The zero-order valence-electron chi connectivity index (χ0n) is 12.4. The average Bonchev–Trinajstić information content (AvgIpc) is 3.25. The van der Waals surface area contributed by atoms with Crippen molar-refractivity contribution in [2.24, 2.45) is 0 Å². The molecule has 1 atom stereocenters. The molecule has 4 rings (SSSR count). The third-order valence-corrected chi connectivity index (χ3v) is 4.10. The van der Waals surface area contributed by atoms with Crippen molar-refractivity contribution in [1.82, 2.24) is 9.55 Å². The van der Waals surface area contributed by atoms with Crippen LogP contribution in [0.2, 0.25) is 0 Å². The molecule has 0 radical (unpaired) electrons. The molecule has 1 fully saturated rings. The fourth-order valence-corrected chi connectivity index (χ4v) is 3.05. The maximum absolute atomic E-state index is 5.87. The van der Waals surface area contributed by atoms with Crippen LogP contribution in [0.5, 0.6) is 0 Å². The van der Waals surface area contributed by atoms with E-state index in [1.165, 1.54) is 5.56 Å². The maximum atomic E-state index is 5.87. The van der Waals surface area contributed by atoms with Gasteiger partial charge in [0, 0.05) is 17.7 Å². The lowest BCUT2D eigenvalue weighted by molar-refractivity contribution is 0.0578. The Bertz CT molecular complexity index is 744. The molecule has 1 saturated heterocycles. The van der Waals surface area contributed by atoms with E-state index in [1.54, 1.807) is 0 Å². The van der Waals surface area contributed by atoms with Gasteiger partial charge in [-0.3, -0.25) is 0 Å². The van der Waals surface area contributed by atoms with Gasteiger partial charge in [0.2, 0.25) is 0 Å². The molecule has 0 spiro atoms. The van der Waals surface area contributed by atoms with Crippen LogP contribution in [-0.2, 0) is 4.74 Å². The van der Waals surface area contributed by atoms with Gasteiger partial charge in [-0.05, 0) is 12.8 Å². The van der Waals surface area contributed by atoms with Crippen LogP contribution in [0.1, 0.15) is 19.1 Å². The zero-order chi connectivity index (χ0) is 14.8. The Balaban J connectivity index is 1.89. The van der Waals surface area contributed by atoms with Crippen molar-refractivity contribution < 1.29 is 4.74 Å². The van der Waals surface area contributed by atoms with Gasteiger partial charge in [-0.1, -0.05) is 60.7 Å². The Morgan fingerprint density at radius 1 is 0.909 bits per heavy atom. The van der Waals surface area contributed by atoms with Gasteiger partial charge in [0.15, 0.2) is 0 Å². The summed E-state index contributed by atoms with van der Waals surface area (Å²) in [5, 5.41) is 0. The highest BCUT2D eigenvalue weighted by Gasteiger charge is 2.23. The van der Waals surface area contributed by atoms with Crippen LogP contribution in [0.25, 0.3) is 22.5 Å². The van der Waals surface area contributed by atoms with Crippen molar-refractivity contribution in [3.63, 3.8) is 0 Å². The van der Waals surface area contributed by atoms with Crippen LogP contribution in [-0.4, -0.2) is 16.2 Å². The summed E-state index contributed by atoms with van der Waals surface area (Å²) in [6.07, 6.45) is 4.17. The lowest BCUT2D eigenvalue weighted by atomic mass is 10.0. The number of imidazole rings is 1. The molecule has 3 nitrogen and oxygen atoms in total. The molecule has 22 heavy (non-hydrogen) atoms. The third kappa shape index (κ3) is 2.34. The second-order valence-corrected chi connectivity index (χ2v) is 5.55. The molecule has 3 aromatic rings. The van der Waals surface area contributed by atoms with E-state index in [0.29, 0.717) is 0 Å². The molecule has 0 N–H and O–H groups in total. The van der Waals surface area contributed by atoms with E-state index in [1.807, 2.05) is 18.5 Å². The van der Waals surface area contributed by atoms with Crippen LogP contribution in [0.4, 0.5) is 0 Å². The smallest absolute Gasteiger partial charge is 0.135 e. The monoisotopic (exact) mass is 290 g/mol. The van der Waals surface area contributed by atoms with Gasteiger partial charge in [-0.25, -0.2) is 4.98 Å². The Labute approximate surface area is 130 Å². The fraction of sp³-hybridized carbons (Fsp3) is 0.211. The van der Waals surface area contributed by atoms with Gasteiger partial charge >= 0.3 is 0 Å². The number of ether oxygens (including phenoxy) is 1. The molecular formula is C19H18N2O. The molecule has 2 heterocycles. The quantitative estimate of drug-likeness (QED) is 0.709. The maximum Gasteiger partial charge on any atom is 0.135 e. The predicted octanol–water partition coefficient (Wildman–Crippen LogP) is 4.53. The van der Waals surface area contributed by atoms with Crippen LogP contribution in [0.15, 0.2) is 67.0 Å². The molecule has 0 saturated carbocycles. The van der Waals surface area contributed by atoms with Crippen molar-refractivity contribution in [1.29, 1.82) is 0 Å². The summed E-state index contributed by atoms with van der Waals surface area (Å²) in [5.41, 5.74) is 4.47. The summed E-state index contributed by atoms with van der Waals surface area (Å²) in [7, 11) is 0. The van der Waals surface area contributed by atoms with E-state index < -0.39 is 0 Å². The molecule has 1 aromatic heterocycles. The van der Waals surface area contributed by atoms with Crippen molar-refractivity contribution in [2.75, 3.05) is 6.61 Å². The standard InChI is InChI=1S/C19H18N2O/c1-3-8-15(9-4-1)18-19(16-10-5-2-6-11-16)21(14-20-18)17-12-7-13-22-17/h1-6,8-11,14,17H,7,12-13H2. The van der Waals surface area contributed by atoms with Gasteiger partial charge in [0.05, 0.1) is 17.7 Å². The zero-order valence-corrected chi connectivity index (χ0v) is 12.4. The fourth-order valence-electron chi connectivity index (χ4n) is 3.05. The first kappa shape index (κ1) is 13.3. The van der Waals surface area contributed by atoms with E-state index in [0.717, 1.165) is 36.4 Å². The molecule has 0 amide bonds. The van der Waals surface area contributed by atoms with Crippen LogP contribution in [0.3, 0.4) is 0 Å². The Kier molecular flexibility index (Phi) is 3.49. The van der Waals surface area contributed by atoms with E-state index in [-0.39, 0.29) is 6.23 Å². The summed E-state index contributed by atoms with van der Waals surface area (Å²) in [4.78, 5) is 4.69. The van der Waals surface area contributed by atoms with Crippen molar-refractivity contribution in [3.05, 3.63) is 67.0 Å². The summed E-state index contributed by atoms with van der Waals surface area (Å²) < 4.78 is 8.06. The Morgan fingerprint density at radius 3 is 2.23 bits per heavy atom. The van der Waals surface area contributed by atoms with E-state index >= 15 is 0 Å². The third-order valence-electron chi connectivity index (χ3n) is 4.10. The lowest BCUT2D eigenvalue weighted by Crippen LogP contribution is -2.07. The molecule has 0 bridgehead atoms. The summed E-state index contributed by atoms with van der Waals surface area (Å²) >= 11 is 0. The molecule has 110 valence electrons. The van der Waals surface area contributed by atoms with Crippen LogP contribution in [0, 0.1) is 0 Å². The summed E-state index contributed by atoms with van der Waals surface area (Å²) in [6, 6.07) is 20.8. The molecule has 1 aliphatic heterocycles. The lowest BCUT2D eigenvalue weighted by Gasteiger charge is -2.16. The topological polar surface area (TPSA) is 27.1 Å². The van der Waals surface area contributed by atoms with Gasteiger partial charge in [-0.15, -0.1) is 0 Å². The summed E-state index contributed by atoms with van der Waals surface area (Å²) in [6.45, 7) is 0.831. The second-order valence-electron chi connectivity index (χ2n) is 5.55. The van der Waals surface area contributed by atoms with Gasteiger partial charge in [0.1, 0.15) is 6.23 Å². The first-order valence-electron chi connectivity index (χ1n) is 7.73. The largest absolute Gasteiger partial charge is 0.358 e. The van der Waals surface area contributed by atoms with Crippen molar-refractivity contribution >= 4 is 0 Å². The Morgan fingerprint density at radius 2 is 1.59 bits per heavy atom. The minimum absolute atomic E-state index is 0.0974. The van der Waals surface area contributed by atoms with Crippen LogP contribution >= 0.6 is 0 Å². The molecule has 2 aromatic carbocycles. The van der Waals surface area contributed by atoms with Crippen molar-refractivity contribution in [3.8, 4) is 22.5 Å². The van der Waals surface area contributed by atoms with E-state index in [9.17, 15) is 0 Å². The SMILES string of the molecule is c1ccc(-c2ncn(C3CCCO3)c2-c2ccccc2)cc1. The Hall–Kier alpha value is -2.39. The van der Waals surface area contributed by atoms with Gasteiger partial charge < -0.3 is 9.30 Å².